The summed E-state index contributed by atoms with van der Waals surface area (Å²) in [7, 11) is -4.19. The van der Waals surface area contributed by atoms with E-state index in [4.69, 9.17) is 9.66 Å². The van der Waals surface area contributed by atoms with Gasteiger partial charge in [-0.25, -0.2) is 0 Å². The van der Waals surface area contributed by atoms with E-state index in [1.54, 1.807) is 0 Å². The van der Waals surface area contributed by atoms with Gasteiger partial charge in [0.15, 0.2) is 5.44 Å². The minimum atomic E-state index is -4.19. The van der Waals surface area contributed by atoms with Crippen LogP contribution < -0.4 is 0 Å². The molecule has 4 nitrogen and oxygen atoms in total. The van der Waals surface area contributed by atoms with Gasteiger partial charge in [-0.3, -0.25) is 4.55 Å². The summed E-state index contributed by atoms with van der Waals surface area (Å²) in [4.78, 5) is 0. The van der Waals surface area contributed by atoms with E-state index in [9.17, 15) is 8.42 Å². The fourth-order valence-electron chi connectivity index (χ4n) is 0. The maximum atomic E-state index is 9.64. The van der Waals surface area contributed by atoms with E-state index in [1.165, 1.54) is 0 Å². The summed E-state index contributed by atoms with van der Waals surface area (Å²) in [6, 6.07) is 0. The molecule has 0 aliphatic rings. The van der Waals surface area contributed by atoms with Crippen molar-refractivity contribution in [2.24, 2.45) is 0 Å². The smallest absolute Gasteiger partial charge is 0.291 e. The third kappa shape index (κ3) is 4.32. The molecule has 0 amide bonds. The van der Waals surface area contributed by atoms with Crippen molar-refractivity contribution in [1.82, 2.24) is 0 Å². The average Bonchev–Trinajstić information content (AvgIpc) is 1.31. The fraction of sp³-hybridized carbons (Fsp3) is 1.00. The summed E-state index contributed by atoms with van der Waals surface area (Å²) in [6.07, 6.45) is 0. The highest BCUT2D eigenvalue weighted by atomic mass is 35.5. The zero-order valence-corrected chi connectivity index (χ0v) is 5.74. The van der Waals surface area contributed by atoms with E-state index < -0.39 is 15.6 Å². The van der Waals surface area contributed by atoms with Gasteiger partial charge in [0.2, 0.25) is 0 Å². The topological polar surface area (TPSA) is 74.6 Å². The maximum Gasteiger partial charge on any atom is 0.291 e. The summed E-state index contributed by atoms with van der Waals surface area (Å²) in [6.45, 7) is 0.968. The van der Waals surface area contributed by atoms with Crippen LogP contribution in [0.15, 0.2) is 0 Å². The molecule has 0 spiro atoms. The van der Waals surface area contributed by atoms with Crippen LogP contribution in [-0.2, 0) is 10.1 Å². The normalized spacial score (nSPS) is 14.4. The van der Waals surface area contributed by atoms with Gasteiger partial charge in [-0.15, -0.1) is 12.4 Å². The van der Waals surface area contributed by atoms with Crippen LogP contribution in [0.25, 0.3) is 0 Å². The Kier molecular flexibility index (Phi) is 4.46. The van der Waals surface area contributed by atoms with Crippen LogP contribution in [0.1, 0.15) is 6.92 Å². The lowest BCUT2D eigenvalue weighted by molar-refractivity contribution is 0.252. The van der Waals surface area contributed by atoms with Gasteiger partial charge in [-0.1, -0.05) is 0 Å². The highest BCUT2D eigenvalue weighted by Crippen LogP contribution is 1.88. The van der Waals surface area contributed by atoms with Crippen LogP contribution in [0.5, 0.6) is 0 Å². The van der Waals surface area contributed by atoms with Gasteiger partial charge < -0.3 is 5.11 Å². The lowest BCUT2D eigenvalue weighted by Crippen LogP contribution is -2.14. The van der Waals surface area contributed by atoms with Gasteiger partial charge >= 0.3 is 0 Å². The Balaban J connectivity index is 0. The van der Waals surface area contributed by atoms with Crippen molar-refractivity contribution in [2.75, 3.05) is 0 Å². The first-order chi connectivity index (χ1) is 2.94. The molecule has 0 saturated carbocycles. The van der Waals surface area contributed by atoms with Gasteiger partial charge in [0.05, 0.1) is 0 Å². The quantitative estimate of drug-likeness (QED) is 0.516. The molecule has 0 fully saturated rings. The molecule has 1 unspecified atom stereocenters. The molecule has 0 rings (SSSR count). The van der Waals surface area contributed by atoms with Crippen molar-refractivity contribution in [3.63, 3.8) is 0 Å². The Morgan fingerprint density at radius 3 is 1.62 bits per heavy atom. The van der Waals surface area contributed by atoms with Crippen molar-refractivity contribution in [3.05, 3.63) is 0 Å². The molecule has 1 atom stereocenters. The number of hydrogen-bond acceptors (Lipinski definition) is 3. The van der Waals surface area contributed by atoms with Crippen LogP contribution in [0.4, 0.5) is 0 Å². The minimum absolute atomic E-state index is 0. The lowest BCUT2D eigenvalue weighted by atomic mass is 10.9. The van der Waals surface area contributed by atoms with Gasteiger partial charge in [-0.05, 0) is 6.92 Å². The molecule has 0 aromatic carbocycles. The molecule has 0 saturated heterocycles. The molecule has 0 aromatic rings. The van der Waals surface area contributed by atoms with Gasteiger partial charge in [0.1, 0.15) is 0 Å². The summed E-state index contributed by atoms with van der Waals surface area (Å²) >= 11 is 0. The highest BCUT2D eigenvalue weighted by molar-refractivity contribution is 7.86. The summed E-state index contributed by atoms with van der Waals surface area (Å²) < 4.78 is 27.1. The van der Waals surface area contributed by atoms with Crippen LogP contribution in [0, 0.1) is 0 Å². The first kappa shape index (κ1) is 11.0. The van der Waals surface area contributed by atoms with Crippen molar-refractivity contribution >= 4 is 22.5 Å². The second-order valence-corrected chi connectivity index (χ2v) is 2.83. The van der Waals surface area contributed by atoms with Gasteiger partial charge in [0, 0.05) is 0 Å². The van der Waals surface area contributed by atoms with Crippen LogP contribution in [0.3, 0.4) is 0 Å². The Morgan fingerprint density at radius 1 is 1.50 bits per heavy atom. The highest BCUT2D eigenvalue weighted by Gasteiger charge is 2.10. The molecule has 0 aromatic heterocycles. The average molecular weight is 163 g/mol. The summed E-state index contributed by atoms with van der Waals surface area (Å²) in [5, 5.41) is 8.05. The third-order valence-corrected chi connectivity index (χ3v) is 1.29. The Hall–Kier alpha value is 0.160. The fourth-order valence-corrected chi connectivity index (χ4v) is 0. The molecule has 0 heterocycles. The van der Waals surface area contributed by atoms with Crippen LogP contribution in [0.2, 0.25) is 0 Å². The number of rotatable bonds is 1. The predicted octanol–water partition coefficient (Wildman–Crippen LogP) is -0.366. The Bertz CT molecular complexity index is 136. The van der Waals surface area contributed by atoms with E-state index in [1.807, 2.05) is 0 Å². The molecular weight excluding hydrogens is 156 g/mol. The number of halogens is 1. The molecule has 0 aliphatic heterocycles. The number of aliphatic hydroxyl groups excluding tert-OH is 1. The third-order valence-electron chi connectivity index (χ3n) is 0.431. The van der Waals surface area contributed by atoms with E-state index in [-0.39, 0.29) is 12.4 Å². The predicted molar refractivity (Wildman–Crippen MR) is 30.5 cm³/mol. The first-order valence-corrected chi connectivity index (χ1v) is 3.09. The minimum Gasteiger partial charge on any atom is -0.375 e. The largest absolute Gasteiger partial charge is 0.375 e. The lowest BCUT2D eigenvalue weighted by Gasteiger charge is -1.94. The second kappa shape index (κ2) is 3.24. The van der Waals surface area contributed by atoms with Crippen molar-refractivity contribution in [2.45, 2.75) is 12.4 Å². The molecule has 0 radical (unpaired) electrons. The van der Waals surface area contributed by atoms with Crippen molar-refractivity contribution in [3.8, 4) is 0 Å². The molecule has 0 bridgehead atoms. The number of hydrogen-bond donors (Lipinski definition) is 2. The zero-order valence-electron chi connectivity index (χ0n) is 4.10. The standard InChI is InChI=1S/C2H6O4S.ClH/c1-2(3)7(4,5)6;/h2-3H,1H3,(H,4,5,6);1H. The first-order valence-electron chi connectivity index (χ1n) is 1.59. The zero-order chi connectivity index (χ0) is 6.08. The van der Waals surface area contributed by atoms with Crippen molar-refractivity contribution < 1.29 is 18.1 Å². The Morgan fingerprint density at radius 2 is 1.62 bits per heavy atom. The summed E-state index contributed by atoms with van der Waals surface area (Å²) in [5.74, 6) is 0. The van der Waals surface area contributed by atoms with E-state index in [0.717, 1.165) is 6.92 Å². The molecule has 52 valence electrons. The monoisotopic (exact) mass is 162 g/mol. The Labute approximate surface area is 53.7 Å². The maximum absolute atomic E-state index is 9.64. The van der Waals surface area contributed by atoms with Gasteiger partial charge in [0.25, 0.3) is 10.1 Å². The molecular formula is C2H7ClO4S. The van der Waals surface area contributed by atoms with Crippen LogP contribution in [-0.4, -0.2) is 23.5 Å². The molecule has 6 heteroatoms. The van der Waals surface area contributed by atoms with E-state index in [2.05, 4.69) is 0 Å². The summed E-state index contributed by atoms with van der Waals surface area (Å²) in [5.41, 5.74) is -1.67. The second-order valence-electron chi connectivity index (χ2n) is 1.11. The van der Waals surface area contributed by atoms with E-state index in [0.29, 0.717) is 0 Å². The van der Waals surface area contributed by atoms with Gasteiger partial charge in [-0.2, -0.15) is 8.42 Å². The molecule has 2 N–H and O–H groups in total. The van der Waals surface area contributed by atoms with Crippen LogP contribution >= 0.6 is 12.4 Å². The van der Waals surface area contributed by atoms with Crippen molar-refractivity contribution in [1.29, 1.82) is 0 Å². The SMILES string of the molecule is CC(O)S(=O)(=O)O.Cl. The number of aliphatic hydroxyl groups is 1. The van der Waals surface area contributed by atoms with E-state index >= 15 is 0 Å². The molecule has 8 heavy (non-hydrogen) atoms. The molecule has 0 aliphatic carbocycles.